The number of imide groups is 1. The Balaban J connectivity index is 2.28. The molecule has 1 saturated heterocycles. The number of methoxy groups -OCH3 is 2. The van der Waals surface area contributed by atoms with Gasteiger partial charge in [-0.15, -0.1) is 0 Å². The highest BCUT2D eigenvalue weighted by Crippen LogP contribution is 2.37. The number of thioether (sulfide) groups is 1. The third kappa shape index (κ3) is 4.77. The third-order valence-electron chi connectivity index (χ3n) is 3.29. The molecule has 1 fully saturated rings. The van der Waals surface area contributed by atoms with Crippen LogP contribution < -0.4 is 9.47 Å². The molecule has 0 saturated carbocycles. The minimum Gasteiger partial charge on any atom is -0.493 e. The summed E-state index contributed by atoms with van der Waals surface area (Å²) in [5.41, 5.74) is 0.754. The van der Waals surface area contributed by atoms with E-state index in [9.17, 15) is 9.59 Å². The third-order valence-corrected chi connectivity index (χ3v) is 5.00. The number of hydrogen-bond acceptors (Lipinski definition) is 6. The Bertz CT molecular complexity index is 719. The number of hydrogen-bond donors (Lipinski definition) is 0. The molecule has 6 nitrogen and oxygen atoms in total. The minimum absolute atomic E-state index is 0.244. The molecule has 1 aromatic rings. The molecule has 25 heavy (non-hydrogen) atoms. The van der Waals surface area contributed by atoms with Crippen molar-refractivity contribution in [2.45, 2.75) is 0 Å². The van der Waals surface area contributed by atoms with Gasteiger partial charge < -0.3 is 14.2 Å². The first kappa shape index (κ1) is 19.8. The van der Waals surface area contributed by atoms with E-state index in [1.165, 1.54) is 12.0 Å². The average molecular weight is 475 g/mol. The van der Waals surface area contributed by atoms with Crippen LogP contribution in [0.15, 0.2) is 29.7 Å². The lowest BCUT2D eigenvalue weighted by Gasteiger charge is -2.12. The summed E-state index contributed by atoms with van der Waals surface area (Å²) >= 11 is 3.06. The Kier molecular flexibility index (Phi) is 7.33. The standard InChI is InChI=1S/C17H18INO5S/c1-4-6-24-15-12(18)8-11(9-13(15)23-3)10-14-16(20)19(5-7-22-2)17(21)25-14/h4,8-10H,1,5-7H2,2-3H3/b14-10-. The van der Waals surface area contributed by atoms with Crippen LogP contribution in [0.1, 0.15) is 5.56 Å². The van der Waals surface area contributed by atoms with Crippen molar-refractivity contribution in [1.82, 2.24) is 4.90 Å². The second-order valence-electron chi connectivity index (χ2n) is 4.96. The van der Waals surface area contributed by atoms with E-state index in [-0.39, 0.29) is 17.7 Å². The second-order valence-corrected chi connectivity index (χ2v) is 7.12. The molecule has 1 aromatic carbocycles. The number of carbonyl (C=O) groups excluding carboxylic acids is 2. The summed E-state index contributed by atoms with van der Waals surface area (Å²) in [4.78, 5) is 25.9. The molecule has 2 rings (SSSR count). The van der Waals surface area contributed by atoms with Crippen molar-refractivity contribution in [3.8, 4) is 11.5 Å². The highest BCUT2D eigenvalue weighted by Gasteiger charge is 2.34. The molecule has 1 heterocycles. The summed E-state index contributed by atoms with van der Waals surface area (Å²) in [6.07, 6.45) is 3.33. The first-order valence-corrected chi connectivity index (χ1v) is 9.26. The van der Waals surface area contributed by atoms with E-state index < -0.39 is 0 Å². The lowest BCUT2D eigenvalue weighted by Crippen LogP contribution is -2.31. The van der Waals surface area contributed by atoms with E-state index in [1.807, 2.05) is 6.07 Å². The summed E-state index contributed by atoms with van der Waals surface area (Å²) in [5, 5.41) is -0.291. The molecule has 0 spiro atoms. The van der Waals surface area contributed by atoms with E-state index >= 15 is 0 Å². The molecule has 1 aliphatic rings. The van der Waals surface area contributed by atoms with Crippen molar-refractivity contribution >= 4 is 51.6 Å². The minimum atomic E-state index is -0.312. The molecular formula is C17H18INO5S. The Labute approximate surface area is 164 Å². The number of nitrogens with zero attached hydrogens (tertiary/aromatic N) is 1. The van der Waals surface area contributed by atoms with Gasteiger partial charge in [0.1, 0.15) is 6.61 Å². The lowest BCUT2D eigenvalue weighted by molar-refractivity contribution is -0.123. The summed E-state index contributed by atoms with van der Waals surface area (Å²) in [6, 6.07) is 3.63. The van der Waals surface area contributed by atoms with Gasteiger partial charge in [0.05, 0.1) is 28.7 Å². The number of halogens is 1. The fourth-order valence-corrected chi connectivity index (χ4v) is 3.78. The number of carbonyl (C=O) groups is 2. The first-order chi connectivity index (χ1) is 12.0. The average Bonchev–Trinajstić information content (AvgIpc) is 2.85. The SMILES string of the molecule is C=CCOc1c(I)cc(/C=C2\SC(=O)N(CCOC)C2=O)cc1OC. The smallest absolute Gasteiger partial charge is 0.293 e. The molecule has 0 bridgehead atoms. The molecule has 0 aliphatic carbocycles. The summed E-state index contributed by atoms with van der Waals surface area (Å²) < 4.78 is 16.8. The van der Waals surface area contributed by atoms with E-state index in [4.69, 9.17) is 14.2 Å². The lowest BCUT2D eigenvalue weighted by atomic mass is 10.2. The molecule has 0 radical (unpaired) electrons. The molecule has 0 N–H and O–H groups in total. The van der Waals surface area contributed by atoms with Gasteiger partial charge in [-0.1, -0.05) is 12.7 Å². The zero-order valence-electron chi connectivity index (χ0n) is 13.9. The van der Waals surface area contributed by atoms with Crippen LogP contribution in [0.5, 0.6) is 11.5 Å². The normalized spacial score (nSPS) is 15.8. The van der Waals surface area contributed by atoms with Gasteiger partial charge >= 0.3 is 0 Å². The van der Waals surface area contributed by atoms with Gasteiger partial charge in [-0.25, -0.2) is 0 Å². The Morgan fingerprint density at radius 3 is 2.72 bits per heavy atom. The highest BCUT2D eigenvalue weighted by atomic mass is 127. The monoisotopic (exact) mass is 475 g/mol. The fourth-order valence-electron chi connectivity index (χ4n) is 2.13. The zero-order chi connectivity index (χ0) is 18.4. The Morgan fingerprint density at radius 2 is 2.08 bits per heavy atom. The van der Waals surface area contributed by atoms with E-state index in [1.54, 1.807) is 25.3 Å². The number of amides is 2. The van der Waals surface area contributed by atoms with Crippen LogP contribution in [0.3, 0.4) is 0 Å². The van der Waals surface area contributed by atoms with Gasteiger partial charge in [-0.3, -0.25) is 14.5 Å². The fraction of sp³-hybridized carbons (Fsp3) is 0.294. The molecular weight excluding hydrogens is 457 g/mol. The molecule has 134 valence electrons. The summed E-state index contributed by atoms with van der Waals surface area (Å²) in [6.45, 7) is 4.55. The maximum Gasteiger partial charge on any atom is 0.293 e. The van der Waals surface area contributed by atoms with Gasteiger partial charge in [0.2, 0.25) is 0 Å². The van der Waals surface area contributed by atoms with E-state index in [2.05, 4.69) is 29.2 Å². The van der Waals surface area contributed by atoms with Crippen LogP contribution in [0, 0.1) is 3.57 Å². The summed E-state index contributed by atoms with van der Waals surface area (Å²) in [5.74, 6) is 0.861. The number of benzene rings is 1. The van der Waals surface area contributed by atoms with Crippen molar-refractivity contribution in [3.05, 3.63) is 38.8 Å². The van der Waals surface area contributed by atoms with Crippen LogP contribution in [0.2, 0.25) is 0 Å². The highest BCUT2D eigenvalue weighted by molar-refractivity contribution is 14.1. The van der Waals surface area contributed by atoms with Crippen LogP contribution >= 0.6 is 34.4 Å². The van der Waals surface area contributed by atoms with Crippen molar-refractivity contribution in [3.63, 3.8) is 0 Å². The maximum absolute atomic E-state index is 12.4. The van der Waals surface area contributed by atoms with Crippen molar-refractivity contribution in [2.75, 3.05) is 34.0 Å². The molecule has 8 heteroatoms. The largest absolute Gasteiger partial charge is 0.493 e. The van der Waals surface area contributed by atoms with Gasteiger partial charge in [0, 0.05) is 7.11 Å². The predicted octanol–water partition coefficient (Wildman–Crippen LogP) is 3.55. The quantitative estimate of drug-likeness (QED) is 0.326. The van der Waals surface area contributed by atoms with Crippen LogP contribution in [0.4, 0.5) is 4.79 Å². The zero-order valence-corrected chi connectivity index (χ0v) is 16.9. The number of ether oxygens (including phenoxy) is 3. The molecule has 1 aliphatic heterocycles. The van der Waals surface area contributed by atoms with Crippen molar-refractivity contribution < 1.29 is 23.8 Å². The predicted molar refractivity (Wildman–Crippen MR) is 106 cm³/mol. The molecule has 2 amide bonds. The topological polar surface area (TPSA) is 65.1 Å². The number of rotatable bonds is 8. The first-order valence-electron chi connectivity index (χ1n) is 7.37. The van der Waals surface area contributed by atoms with E-state index in [0.29, 0.717) is 29.6 Å². The second kappa shape index (κ2) is 9.25. The van der Waals surface area contributed by atoms with E-state index in [0.717, 1.165) is 20.9 Å². The van der Waals surface area contributed by atoms with Crippen LogP contribution in [0.25, 0.3) is 6.08 Å². The molecule has 0 unspecified atom stereocenters. The van der Waals surface area contributed by atoms with Crippen LogP contribution in [-0.4, -0.2) is 50.0 Å². The van der Waals surface area contributed by atoms with Crippen molar-refractivity contribution in [1.29, 1.82) is 0 Å². The van der Waals surface area contributed by atoms with Gasteiger partial charge in [-0.2, -0.15) is 0 Å². The summed E-state index contributed by atoms with van der Waals surface area (Å²) in [7, 11) is 3.08. The van der Waals surface area contributed by atoms with Crippen LogP contribution in [-0.2, 0) is 9.53 Å². The van der Waals surface area contributed by atoms with Gasteiger partial charge in [0.25, 0.3) is 11.1 Å². The molecule has 0 aromatic heterocycles. The maximum atomic E-state index is 12.4. The molecule has 0 atom stereocenters. The van der Waals surface area contributed by atoms with Gasteiger partial charge in [0.15, 0.2) is 11.5 Å². The van der Waals surface area contributed by atoms with Gasteiger partial charge in [-0.05, 0) is 58.1 Å². The Morgan fingerprint density at radius 1 is 1.32 bits per heavy atom. The van der Waals surface area contributed by atoms with Crippen molar-refractivity contribution in [2.24, 2.45) is 0 Å². The Hall–Kier alpha value is -1.52.